The number of aromatic nitrogens is 2. The molecule has 0 saturated heterocycles. The summed E-state index contributed by atoms with van der Waals surface area (Å²) in [5.74, 6) is 0.177. The number of imidazole rings is 1. The largest absolute Gasteiger partial charge is 0.711 e. The maximum atomic E-state index is 13.0. The zero-order valence-corrected chi connectivity index (χ0v) is 14.3. The normalized spacial score (nSPS) is 17.0. The summed E-state index contributed by atoms with van der Waals surface area (Å²) in [6.45, 7) is 5.27. The predicted molar refractivity (Wildman–Crippen MR) is 89.6 cm³/mol. The average Bonchev–Trinajstić information content (AvgIpc) is 2.96. The number of halogens is 2. The third-order valence-corrected chi connectivity index (χ3v) is 4.35. The summed E-state index contributed by atoms with van der Waals surface area (Å²) in [5.41, 5.74) is 0.879. The van der Waals surface area contributed by atoms with Crippen molar-refractivity contribution >= 4 is 24.3 Å². The van der Waals surface area contributed by atoms with E-state index in [9.17, 15) is 14.0 Å². The molecule has 1 aliphatic rings. The molecule has 0 saturated carbocycles. The Morgan fingerprint density at radius 1 is 1.48 bits per heavy atom. The van der Waals surface area contributed by atoms with Crippen molar-refractivity contribution in [3.63, 3.8) is 0 Å². The van der Waals surface area contributed by atoms with E-state index in [4.69, 9.17) is 9.47 Å². The van der Waals surface area contributed by atoms with Crippen LogP contribution in [0, 0.1) is 5.21 Å². The van der Waals surface area contributed by atoms with Gasteiger partial charge in [-0.25, -0.2) is 4.74 Å². The first-order chi connectivity index (χ1) is 11.8. The van der Waals surface area contributed by atoms with Crippen LogP contribution in [0.2, 0.25) is 0 Å². The molecule has 1 aromatic heterocycles. The first-order valence-corrected chi connectivity index (χ1v) is 8.37. The van der Waals surface area contributed by atoms with Gasteiger partial charge in [0, 0.05) is 16.8 Å². The molecule has 1 aliphatic heterocycles. The van der Waals surface area contributed by atoms with Gasteiger partial charge in [0.25, 0.3) is 5.25 Å². The molecule has 0 aliphatic carbocycles. The van der Waals surface area contributed by atoms with Gasteiger partial charge in [0.05, 0.1) is 19.9 Å². The van der Waals surface area contributed by atoms with E-state index in [0.717, 1.165) is 12.5 Å². The number of thioether (sulfide) groups is 1. The third kappa shape index (κ3) is 4.70. The highest BCUT2D eigenvalue weighted by molar-refractivity contribution is 8.00. The topological polar surface area (TPSA) is 62.4 Å². The van der Waals surface area contributed by atoms with Crippen LogP contribution in [-0.4, -0.2) is 39.0 Å². The van der Waals surface area contributed by atoms with Crippen molar-refractivity contribution in [2.45, 2.75) is 36.3 Å². The van der Waals surface area contributed by atoms with Crippen LogP contribution in [0.5, 0.6) is 6.01 Å². The van der Waals surface area contributed by atoms with Gasteiger partial charge in [0.15, 0.2) is 0 Å². The van der Waals surface area contributed by atoms with E-state index in [1.165, 1.54) is 0 Å². The Kier molecular flexibility index (Phi) is 4.96. The molecule has 6 nitrogen and oxygen atoms in total. The Morgan fingerprint density at radius 2 is 2.20 bits per heavy atom. The Bertz CT molecular complexity index is 759. The number of alkyl halides is 2. The maximum Gasteiger partial charge on any atom is 0.414 e. The van der Waals surface area contributed by atoms with Crippen LogP contribution in [-0.2, 0) is 17.9 Å². The number of rotatable bonds is 6. The van der Waals surface area contributed by atoms with E-state index in [2.05, 4.69) is 11.7 Å². The SMILES string of the molecule is C=[N+]([O-])c1cn2c(n1)OCC(OCc1ccc(SC(C)(F)F)cc1)C2. The van der Waals surface area contributed by atoms with Crippen molar-refractivity contribution in [2.75, 3.05) is 6.61 Å². The van der Waals surface area contributed by atoms with Gasteiger partial charge in [-0.05, 0) is 17.7 Å². The second kappa shape index (κ2) is 7.01. The minimum Gasteiger partial charge on any atom is -0.711 e. The first kappa shape index (κ1) is 17.7. The zero-order chi connectivity index (χ0) is 18.0. The minimum atomic E-state index is -2.80. The molecule has 0 bridgehead atoms. The molecule has 25 heavy (non-hydrogen) atoms. The highest BCUT2D eigenvalue weighted by Gasteiger charge is 2.27. The summed E-state index contributed by atoms with van der Waals surface area (Å²) in [6.07, 6.45) is 1.36. The molecule has 134 valence electrons. The highest BCUT2D eigenvalue weighted by atomic mass is 32.2. The fraction of sp³-hybridized carbons (Fsp3) is 0.375. The van der Waals surface area contributed by atoms with E-state index < -0.39 is 5.25 Å². The molecule has 2 aromatic rings. The summed E-state index contributed by atoms with van der Waals surface area (Å²) < 4.78 is 39.3. The summed E-state index contributed by atoms with van der Waals surface area (Å²) in [5, 5.41) is 8.36. The molecule has 1 aromatic carbocycles. The van der Waals surface area contributed by atoms with E-state index >= 15 is 0 Å². The van der Waals surface area contributed by atoms with Crippen molar-refractivity contribution in [1.82, 2.24) is 9.55 Å². The van der Waals surface area contributed by atoms with Crippen LogP contribution < -0.4 is 4.74 Å². The molecule has 3 rings (SSSR count). The van der Waals surface area contributed by atoms with Crippen molar-refractivity contribution in [2.24, 2.45) is 0 Å². The average molecular weight is 369 g/mol. The summed E-state index contributed by atoms with van der Waals surface area (Å²) >= 11 is 0.513. The highest BCUT2D eigenvalue weighted by Crippen LogP contribution is 2.35. The lowest BCUT2D eigenvalue weighted by molar-refractivity contribution is -0.354. The molecule has 2 heterocycles. The third-order valence-electron chi connectivity index (χ3n) is 3.49. The number of nitrogens with zero attached hydrogens (tertiary/aromatic N) is 3. The molecule has 0 fully saturated rings. The van der Waals surface area contributed by atoms with Gasteiger partial charge in [-0.15, -0.1) is 0 Å². The second-order valence-electron chi connectivity index (χ2n) is 5.71. The van der Waals surface area contributed by atoms with Gasteiger partial charge in [0.2, 0.25) is 0 Å². The van der Waals surface area contributed by atoms with Gasteiger partial charge in [-0.2, -0.15) is 8.78 Å². The number of ether oxygens (including phenoxy) is 2. The maximum absolute atomic E-state index is 13.0. The Hall–Kier alpha value is -2.13. The van der Waals surface area contributed by atoms with Gasteiger partial charge in [0.1, 0.15) is 18.9 Å². The molecule has 9 heteroatoms. The zero-order valence-electron chi connectivity index (χ0n) is 13.5. The monoisotopic (exact) mass is 369 g/mol. The standard InChI is InChI=1S/C16H17F2N3O3S/c1-16(17,18)25-13-5-3-11(4-6-13)9-23-12-7-21-8-14(20(2)22)19-15(21)24-10-12/h3-6,8,12H,2,7,9-10H2,1H3. The minimum absolute atomic E-state index is 0.177. The van der Waals surface area contributed by atoms with E-state index in [1.54, 1.807) is 35.0 Å². The molecule has 0 amide bonds. The lowest BCUT2D eigenvalue weighted by Crippen LogP contribution is -2.32. The Balaban J connectivity index is 1.54. The summed E-state index contributed by atoms with van der Waals surface area (Å²) in [7, 11) is 0. The van der Waals surface area contributed by atoms with Crippen molar-refractivity contribution < 1.29 is 23.0 Å². The van der Waals surface area contributed by atoms with E-state index in [-0.39, 0.29) is 11.9 Å². The van der Waals surface area contributed by atoms with Gasteiger partial charge < -0.3 is 14.7 Å². The summed E-state index contributed by atoms with van der Waals surface area (Å²) in [4.78, 5) is 4.52. The number of hydrogen-bond donors (Lipinski definition) is 0. The molecule has 0 spiro atoms. The quantitative estimate of drug-likeness (QED) is 0.257. The summed E-state index contributed by atoms with van der Waals surface area (Å²) in [6, 6.07) is 7.18. The van der Waals surface area contributed by atoms with Crippen molar-refractivity contribution in [3.8, 4) is 6.01 Å². The lowest BCUT2D eigenvalue weighted by Gasteiger charge is -2.22. The molecular weight excluding hydrogens is 352 g/mol. The smallest absolute Gasteiger partial charge is 0.414 e. The van der Waals surface area contributed by atoms with E-state index in [1.807, 2.05) is 0 Å². The molecular formula is C16H17F2N3O3S. The van der Waals surface area contributed by atoms with Crippen molar-refractivity contribution in [1.29, 1.82) is 0 Å². The number of benzene rings is 1. The van der Waals surface area contributed by atoms with Crippen LogP contribution in [0.15, 0.2) is 35.4 Å². The number of fused-ring (bicyclic) bond motifs is 1. The van der Waals surface area contributed by atoms with E-state index in [0.29, 0.717) is 47.2 Å². The molecule has 0 N–H and O–H groups in total. The van der Waals surface area contributed by atoms with Crippen molar-refractivity contribution in [3.05, 3.63) is 41.2 Å². The second-order valence-corrected chi connectivity index (χ2v) is 7.10. The van der Waals surface area contributed by atoms with Crippen LogP contribution in [0.25, 0.3) is 0 Å². The fourth-order valence-corrected chi connectivity index (χ4v) is 3.05. The fourth-order valence-electron chi connectivity index (χ4n) is 2.37. The van der Waals surface area contributed by atoms with Gasteiger partial charge in [-0.3, -0.25) is 4.57 Å². The molecule has 0 radical (unpaired) electrons. The molecule has 1 atom stereocenters. The Morgan fingerprint density at radius 3 is 2.84 bits per heavy atom. The van der Waals surface area contributed by atoms with Crippen LogP contribution in [0.4, 0.5) is 14.6 Å². The molecule has 1 unspecified atom stereocenters. The lowest BCUT2D eigenvalue weighted by atomic mass is 10.2. The van der Waals surface area contributed by atoms with Crippen LogP contribution in [0.1, 0.15) is 12.5 Å². The number of hydrogen-bond acceptors (Lipinski definition) is 5. The first-order valence-electron chi connectivity index (χ1n) is 7.55. The van der Waals surface area contributed by atoms with Crippen LogP contribution in [0.3, 0.4) is 0 Å². The van der Waals surface area contributed by atoms with Crippen LogP contribution >= 0.6 is 11.8 Å². The predicted octanol–water partition coefficient (Wildman–Crippen LogP) is 3.41. The van der Waals surface area contributed by atoms with Gasteiger partial charge >= 0.3 is 11.8 Å². The van der Waals surface area contributed by atoms with Gasteiger partial charge in [-0.1, -0.05) is 23.9 Å². The Labute approximate surface area is 147 Å².